The second kappa shape index (κ2) is 7.79. The fourth-order valence-corrected chi connectivity index (χ4v) is 1.76. The van der Waals surface area contributed by atoms with Crippen LogP contribution in [0.15, 0.2) is 24.3 Å². The first-order valence-corrected chi connectivity index (χ1v) is 6.38. The van der Waals surface area contributed by atoms with E-state index < -0.39 is 6.61 Å². The maximum Gasteiger partial charge on any atom is 0.387 e. The van der Waals surface area contributed by atoms with Gasteiger partial charge in [0.1, 0.15) is 5.75 Å². The van der Waals surface area contributed by atoms with Crippen LogP contribution in [0, 0.1) is 0 Å². The Balaban J connectivity index is 2.45. The van der Waals surface area contributed by atoms with Gasteiger partial charge in [0.2, 0.25) is 5.91 Å². The van der Waals surface area contributed by atoms with E-state index in [1.165, 1.54) is 12.1 Å². The first-order valence-electron chi connectivity index (χ1n) is 6.38. The topological polar surface area (TPSA) is 41.6 Å². The van der Waals surface area contributed by atoms with Crippen molar-refractivity contribution in [1.82, 2.24) is 10.2 Å². The fraction of sp³-hybridized carbons (Fsp3) is 0.500. The van der Waals surface area contributed by atoms with Crippen molar-refractivity contribution in [2.45, 2.75) is 33.0 Å². The molecule has 0 bridgehead atoms. The Morgan fingerprint density at radius 1 is 1.30 bits per heavy atom. The minimum absolute atomic E-state index is 0.0415. The molecule has 1 N–H and O–H groups in total. The molecule has 0 atom stereocenters. The maximum absolute atomic E-state index is 12.0. The van der Waals surface area contributed by atoms with Crippen LogP contribution in [0.1, 0.15) is 19.4 Å². The number of amides is 1. The highest BCUT2D eigenvalue weighted by atomic mass is 19.3. The first-order chi connectivity index (χ1) is 9.36. The molecule has 0 aliphatic rings. The monoisotopic (exact) mass is 286 g/mol. The van der Waals surface area contributed by atoms with Gasteiger partial charge in [-0.15, -0.1) is 0 Å². The summed E-state index contributed by atoms with van der Waals surface area (Å²) in [6.45, 7) is 1.83. The number of nitrogens with one attached hydrogen (secondary N) is 1. The zero-order valence-corrected chi connectivity index (χ0v) is 11.9. The van der Waals surface area contributed by atoms with Crippen molar-refractivity contribution in [3.8, 4) is 5.75 Å². The summed E-state index contributed by atoms with van der Waals surface area (Å²) >= 11 is 0. The lowest BCUT2D eigenvalue weighted by Gasteiger charge is -2.17. The number of rotatable bonds is 7. The molecule has 1 amide bonds. The summed E-state index contributed by atoms with van der Waals surface area (Å²) in [5.74, 6) is 0.0871. The lowest BCUT2D eigenvalue weighted by Crippen LogP contribution is -2.38. The number of ether oxygens (including phenoxy) is 1. The van der Waals surface area contributed by atoms with E-state index in [4.69, 9.17) is 0 Å². The van der Waals surface area contributed by atoms with Crippen LogP contribution < -0.4 is 10.1 Å². The molecule has 0 aliphatic heterocycles. The molecule has 0 heterocycles. The van der Waals surface area contributed by atoms with Crippen LogP contribution in [0.25, 0.3) is 0 Å². The van der Waals surface area contributed by atoms with Crippen LogP contribution in [0.2, 0.25) is 0 Å². The molecule has 0 aromatic heterocycles. The van der Waals surface area contributed by atoms with Crippen LogP contribution in [0.3, 0.4) is 0 Å². The van der Waals surface area contributed by atoms with Gasteiger partial charge in [-0.1, -0.05) is 12.1 Å². The largest absolute Gasteiger partial charge is 0.435 e. The summed E-state index contributed by atoms with van der Waals surface area (Å²) < 4.78 is 28.3. The van der Waals surface area contributed by atoms with Gasteiger partial charge in [0, 0.05) is 12.6 Å². The molecule has 0 spiro atoms. The number of hydrogen-bond donors (Lipinski definition) is 1. The summed E-state index contributed by atoms with van der Waals surface area (Å²) in [4.78, 5) is 13.4. The molecule has 0 saturated carbocycles. The molecule has 6 heteroatoms. The molecule has 1 aromatic carbocycles. The number of carbonyl (C=O) groups is 1. The summed E-state index contributed by atoms with van der Waals surface area (Å²) in [5.41, 5.74) is 0.923. The fourth-order valence-electron chi connectivity index (χ4n) is 1.76. The van der Waals surface area contributed by atoms with Gasteiger partial charge in [-0.3, -0.25) is 9.69 Å². The van der Waals surface area contributed by atoms with E-state index >= 15 is 0 Å². The van der Waals surface area contributed by atoms with Crippen molar-refractivity contribution >= 4 is 5.91 Å². The Bertz CT molecular complexity index is 422. The van der Waals surface area contributed by atoms with E-state index in [0.29, 0.717) is 6.54 Å². The van der Waals surface area contributed by atoms with E-state index in [0.717, 1.165) is 5.56 Å². The molecule has 4 nitrogen and oxygen atoms in total. The number of halogens is 2. The van der Waals surface area contributed by atoms with Gasteiger partial charge in [-0.25, -0.2) is 0 Å². The van der Waals surface area contributed by atoms with Crippen LogP contribution >= 0.6 is 0 Å². The van der Waals surface area contributed by atoms with Crippen LogP contribution in [0.5, 0.6) is 5.75 Å². The quantitative estimate of drug-likeness (QED) is 0.836. The molecule has 0 unspecified atom stereocenters. The Morgan fingerprint density at radius 2 is 1.90 bits per heavy atom. The van der Waals surface area contributed by atoms with E-state index in [1.807, 2.05) is 25.8 Å². The molecular formula is C14H20F2N2O2. The van der Waals surface area contributed by atoms with Gasteiger partial charge >= 0.3 is 6.61 Å². The predicted octanol–water partition coefficient (Wildman–Crippen LogP) is 2.24. The lowest BCUT2D eigenvalue weighted by atomic mass is 10.2. The molecule has 0 radical (unpaired) electrons. The van der Waals surface area contributed by atoms with Crippen LogP contribution in [0.4, 0.5) is 8.78 Å². The number of nitrogens with zero attached hydrogens (tertiary/aromatic N) is 1. The standard InChI is InChI=1S/C14H20F2N2O2/c1-10(2)17-13(19)9-18(3)8-11-4-6-12(7-5-11)20-14(15)16/h4-7,10,14H,8-9H2,1-3H3,(H,17,19). The van der Waals surface area contributed by atoms with E-state index in [2.05, 4.69) is 10.1 Å². The van der Waals surface area contributed by atoms with Crippen molar-refractivity contribution < 1.29 is 18.3 Å². The van der Waals surface area contributed by atoms with Gasteiger partial charge in [-0.05, 0) is 38.6 Å². The molecule has 0 aliphatic carbocycles. The third-order valence-corrected chi connectivity index (χ3v) is 2.46. The van der Waals surface area contributed by atoms with Crippen molar-refractivity contribution in [2.75, 3.05) is 13.6 Å². The summed E-state index contributed by atoms with van der Waals surface area (Å²) in [6.07, 6.45) is 0. The number of hydrogen-bond acceptors (Lipinski definition) is 3. The van der Waals surface area contributed by atoms with E-state index in [9.17, 15) is 13.6 Å². The molecular weight excluding hydrogens is 266 g/mol. The Labute approximate surface area is 117 Å². The van der Waals surface area contributed by atoms with Gasteiger partial charge in [-0.2, -0.15) is 8.78 Å². The van der Waals surface area contributed by atoms with Crippen molar-refractivity contribution in [2.24, 2.45) is 0 Å². The Hall–Kier alpha value is -1.69. The van der Waals surface area contributed by atoms with Gasteiger partial charge < -0.3 is 10.1 Å². The van der Waals surface area contributed by atoms with E-state index in [1.54, 1.807) is 12.1 Å². The minimum atomic E-state index is -2.82. The third-order valence-electron chi connectivity index (χ3n) is 2.46. The molecule has 0 saturated heterocycles. The van der Waals surface area contributed by atoms with Crippen molar-refractivity contribution in [1.29, 1.82) is 0 Å². The Kier molecular flexibility index (Phi) is 6.38. The molecule has 112 valence electrons. The van der Waals surface area contributed by atoms with Crippen LogP contribution in [-0.2, 0) is 11.3 Å². The molecule has 1 rings (SSSR count). The van der Waals surface area contributed by atoms with E-state index in [-0.39, 0.29) is 24.2 Å². The third kappa shape index (κ3) is 6.47. The first kappa shape index (κ1) is 16.4. The summed E-state index contributed by atoms with van der Waals surface area (Å²) in [7, 11) is 1.82. The smallest absolute Gasteiger partial charge is 0.387 e. The number of carbonyl (C=O) groups excluding carboxylic acids is 1. The minimum Gasteiger partial charge on any atom is -0.435 e. The SMILES string of the molecule is CC(C)NC(=O)CN(C)Cc1ccc(OC(F)F)cc1. The van der Waals surface area contributed by atoms with Gasteiger partial charge in [0.15, 0.2) is 0 Å². The highest BCUT2D eigenvalue weighted by Gasteiger charge is 2.09. The zero-order valence-electron chi connectivity index (χ0n) is 11.9. The highest BCUT2D eigenvalue weighted by molar-refractivity contribution is 5.78. The lowest BCUT2D eigenvalue weighted by molar-refractivity contribution is -0.122. The second-order valence-electron chi connectivity index (χ2n) is 4.92. The van der Waals surface area contributed by atoms with Crippen LogP contribution in [-0.4, -0.2) is 37.1 Å². The Morgan fingerprint density at radius 3 is 2.40 bits per heavy atom. The molecule has 20 heavy (non-hydrogen) atoms. The average Bonchev–Trinajstić information content (AvgIpc) is 2.29. The maximum atomic E-state index is 12.0. The molecule has 0 fully saturated rings. The normalized spacial score (nSPS) is 11.2. The number of alkyl halides is 2. The summed E-state index contributed by atoms with van der Waals surface area (Å²) in [6, 6.07) is 6.50. The predicted molar refractivity (Wildman–Crippen MR) is 72.7 cm³/mol. The summed E-state index contributed by atoms with van der Waals surface area (Å²) in [5, 5.41) is 2.81. The molecule has 1 aromatic rings. The highest BCUT2D eigenvalue weighted by Crippen LogP contribution is 2.15. The average molecular weight is 286 g/mol. The van der Waals surface area contributed by atoms with Crippen molar-refractivity contribution in [3.05, 3.63) is 29.8 Å². The zero-order chi connectivity index (χ0) is 15.1. The van der Waals surface area contributed by atoms with Gasteiger partial charge in [0.25, 0.3) is 0 Å². The van der Waals surface area contributed by atoms with Crippen molar-refractivity contribution in [3.63, 3.8) is 0 Å². The number of likely N-dealkylation sites (N-methyl/N-ethyl adjacent to an activating group) is 1. The second-order valence-corrected chi connectivity index (χ2v) is 4.92. The number of benzene rings is 1. The van der Waals surface area contributed by atoms with Gasteiger partial charge in [0.05, 0.1) is 6.54 Å².